The van der Waals surface area contributed by atoms with Gasteiger partial charge in [0.25, 0.3) is 10.0 Å². The van der Waals surface area contributed by atoms with Crippen molar-refractivity contribution in [2.24, 2.45) is 0 Å². The van der Waals surface area contributed by atoms with Crippen LogP contribution in [0.2, 0.25) is 0 Å². The fourth-order valence-electron chi connectivity index (χ4n) is 1.97. The number of sulfonamides is 1. The van der Waals surface area contributed by atoms with Gasteiger partial charge in [-0.2, -0.15) is 0 Å². The lowest BCUT2D eigenvalue weighted by Gasteiger charge is -2.08. The number of nitrogens with one attached hydrogen (secondary N) is 2. The summed E-state index contributed by atoms with van der Waals surface area (Å²) in [7, 11) is -3.59. The molecular formula is C16H14FN3O2S2. The van der Waals surface area contributed by atoms with Crippen molar-refractivity contribution in [3.63, 3.8) is 0 Å². The summed E-state index contributed by atoms with van der Waals surface area (Å²) >= 11 is 1.14. The van der Waals surface area contributed by atoms with E-state index in [-0.39, 0.29) is 15.8 Å². The third-order valence-corrected chi connectivity index (χ3v) is 5.92. The number of rotatable bonds is 6. The first kappa shape index (κ1) is 16.4. The largest absolute Gasteiger partial charge is 0.380 e. The molecule has 124 valence electrons. The maximum atomic E-state index is 12.8. The van der Waals surface area contributed by atoms with E-state index in [2.05, 4.69) is 15.0 Å². The second kappa shape index (κ2) is 6.98. The van der Waals surface area contributed by atoms with Crippen LogP contribution in [0.5, 0.6) is 0 Å². The van der Waals surface area contributed by atoms with Crippen LogP contribution >= 0.6 is 11.3 Å². The van der Waals surface area contributed by atoms with Crippen molar-refractivity contribution in [1.29, 1.82) is 0 Å². The zero-order valence-corrected chi connectivity index (χ0v) is 14.1. The summed E-state index contributed by atoms with van der Waals surface area (Å²) in [4.78, 5) is 4.09. The molecule has 2 aromatic heterocycles. The van der Waals surface area contributed by atoms with Crippen molar-refractivity contribution in [2.45, 2.75) is 10.8 Å². The smallest absolute Gasteiger partial charge is 0.272 e. The van der Waals surface area contributed by atoms with E-state index in [9.17, 15) is 12.8 Å². The molecule has 0 saturated heterocycles. The first-order valence-corrected chi connectivity index (χ1v) is 9.40. The van der Waals surface area contributed by atoms with Crippen molar-refractivity contribution in [3.05, 3.63) is 71.5 Å². The predicted molar refractivity (Wildman–Crippen MR) is 93.1 cm³/mol. The molecule has 0 radical (unpaired) electrons. The molecule has 0 aliphatic carbocycles. The Morgan fingerprint density at radius 2 is 1.88 bits per heavy atom. The molecule has 0 unspecified atom stereocenters. The fraction of sp³-hybridized carbons (Fsp3) is 0.0625. The van der Waals surface area contributed by atoms with Crippen LogP contribution in [0.3, 0.4) is 0 Å². The van der Waals surface area contributed by atoms with E-state index < -0.39 is 10.0 Å². The van der Waals surface area contributed by atoms with Gasteiger partial charge in [-0.25, -0.2) is 17.8 Å². The molecule has 0 atom stereocenters. The first-order valence-electron chi connectivity index (χ1n) is 7.04. The molecule has 3 rings (SSSR count). The molecule has 0 aliphatic heterocycles. The molecule has 5 nitrogen and oxygen atoms in total. The number of halogens is 1. The van der Waals surface area contributed by atoms with Crippen LogP contribution in [-0.2, 0) is 16.6 Å². The third-order valence-electron chi connectivity index (χ3n) is 3.17. The highest BCUT2D eigenvalue weighted by Gasteiger charge is 2.15. The summed E-state index contributed by atoms with van der Waals surface area (Å²) in [6.45, 7) is 0.516. The Morgan fingerprint density at radius 3 is 2.50 bits per heavy atom. The number of benzene rings is 1. The van der Waals surface area contributed by atoms with Crippen LogP contribution in [-0.4, -0.2) is 13.4 Å². The monoisotopic (exact) mass is 363 g/mol. The zero-order chi connectivity index (χ0) is 17.0. The lowest BCUT2D eigenvalue weighted by molar-refractivity contribution is 0.603. The molecule has 2 N–H and O–H groups in total. The summed E-state index contributed by atoms with van der Waals surface area (Å²) < 4.78 is 39.7. The quantitative estimate of drug-likeness (QED) is 0.701. The van der Waals surface area contributed by atoms with E-state index in [0.29, 0.717) is 6.54 Å². The minimum Gasteiger partial charge on any atom is -0.380 e. The molecule has 0 saturated carbocycles. The van der Waals surface area contributed by atoms with Gasteiger partial charge in [-0.3, -0.25) is 4.72 Å². The van der Waals surface area contributed by atoms with E-state index in [1.807, 2.05) is 0 Å². The van der Waals surface area contributed by atoms with Crippen molar-refractivity contribution in [1.82, 2.24) is 4.98 Å². The Labute approximate surface area is 143 Å². The molecule has 8 heteroatoms. The first-order chi connectivity index (χ1) is 11.5. The van der Waals surface area contributed by atoms with Crippen molar-refractivity contribution in [2.75, 3.05) is 10.0 Å². The van der Waals surface area contributed by atoms with E-state index in [1.165, 1.54) is 24.4 Å². The molecule has 0 fully saturated rings. The average Bonchev–Trinajstić information content (AvgIpc) is 3.11. The van der Waals surface area contributed by atoms with Gasteiger partial charge in [0, 0.05) is 6.54 Å². The predicted octanol–water partition coefficient (Wildman–Crippen LogP) is 3.70. The normalized spacial score (nSPS) is 11.2. The zero-order valence-electron chi connectivity index (χ0n) is 12.4. The van der Waals surface area contributed by atoms with Crippen LogP contribution in [0.4, 0.5) is 15.9 Å². The summed E-state index contributed by atoms with van der Waals surface area (Å²) in [6.07, 6.45) is 1.54. The minimum absolute atomic E-state index is 0.239. The standard InChI is InChI=1S/C16H14FN3O2S2/c17-13-5-3-12(4-6-13)10-18-14-7-8-15(19-11-14)20-24(21,22)16-2-1-9-23-16/h1-9,11,18H,10H2,(H,19,20). The van der Waals surface area contributed by atoms with Crippen LogP contribution in [0.15, 0.2) is 64.3 Å². The minimum atomic E-state index is -3.59. The Balaban J connectivity index is 1.62. The molecule has 0 aliphatic rings. The van der Waals surface area contributed by atoms with Gasteiger partial charge >= 0.3 is 0 Å². The van der Waals surface area contributed by atoms with Crippen LogP contribution < -0.4 is 10.0 Å². The number of aromatic nitrogens is 1. The summed E-state index contributed by atoms with van der Waals surface area (Å²) in [6, 6.07) is 12.7. The van der Waals surface area contributed by atoms with Gasteiger partial charge < -0.3 is 5.32 Å². The third kappa shape index (κ3) is 4.09. The second-order valence-corrected chi connectivity index (χ2v) is 7.81. The number of hydrogen-bond donors (Lipinski definition) is 2. The van der Waals surface area contributed by atoms with Gasteiger partial charge in [0.15, 0.2) is 0 Å². The number of anilines is 2. The van der Waals surface area contributed by atoms with Crippen LogP contribution in [0.1, 0.15) is 5.56 Å². The highest BCUT2D eigenvalue weighted by Crippen LogP contribution is 2.20. The molecule has 3 aromatic rings. The highest BCUT2D eigenvalue weighted by molar-refractivity contribution is 7.94. The molecular weight excluding hydrogens is 349 g/mol. The molecule has 0 spiro atoms. The summed E-state index contributed by atoms with van der Waals surface area (Å²) in [5, 5.41) is 4.84. The fourth-order valence-corrected chi connectivity index (χ4v) is 3.97. The Bertz CT molecular complexity index is 894. The van der Waals surface area contributed by atoms with Gasteiger partial charge in [-0.05, 0) is 41.3 Å². The summed E-state index contributed by atoms with van der Waals surface area (Å²) in [5.74, 6) is -0.0291. The van der Waals surface area contributed by atoms with Crippen LogP contribution in [0, 0.1) is 5.82 Å². The second-order valence-electron chi connectivity index (χ2n) is 4.95. The van der Waals surface area contributed by atoms with Crippen molar-refractivity contribution >= 4 is 32.9 Å². The molecule has 24 heavy (non-hydrogen) atoms. The van der Waals surface area contributed by atoms with Gasteiger partial charge in [0.2, 0.25) is 0 Å². The highest BCUT2D eigenvalue weighted by atomic mass is 32.2. The Hall–Kier alpha value is -2.45. The number of pyridine rings is 1. The van der Waals surface area contributed by atoms with Crippen LogP contribution in [0.25, 0.3) is 0 Å². The number of hydrogen-bond acceptors (Lipinski definition) is 5. The van der Waals surface area contributed by atoms with E-state index in [1.54, 1.807) is 35.7 Å². The molecule has 1 aromatic carbocycles. The summed E-state index contributed by atoms with van der Waals surface area (Å²) in [5.41, 5.74) is 1.66. The number of nitrogens with zero attached hydrogens (tertiary/aromatic N) is 1. The lowest BCUT2D eigenvalue weighted by atomic mass is 10.2. The Kier molecular flexibility index (Phi) is 4.77. The van der Waals surface area contributed by atoms with Gasteiger partial charge in [0.1, 0.15) is 15.8 Å². The Morgan fingerprint density at radius 1 is 1.08 bits per heavy atom. The van der Waals surface area contributed by atoms with E-state index >= 15 is 0 Å². The van der Waals surface area contributed by atoms with E-state index in [4.69, 9.17) is 0 Å². The maximum absolute atomic E-state index is 12.8. The number of thiophene rings is 1. The molecule has 0 bridgehead atoms. The molecule has 2 heterocycles. The maximum Gasteiger partial charge on any atom is 0.272 e. The van der Waals surface area contributed by atoms with E-state index in [0.717, 1.165) is 22.6 Å². The average molecular weight is 363 g/mol. The lowest BCUT2D eigenvalue weighted by Crippen LogP contribution is -2.12. The topological polar surface area (TPSA) is 71.1 Å². The SMILES string of the molecule is O=S(=O)(Nc1ccc(NCc2ccc(F)cc2)cn1)c1cccs1. The van der Waals surface area contributed by atoms with Gasteiger partial charge in [-0.1, -0.05) is 18.2 Å². The molecule has 0 amide bonds. The van der Waals surface area contributed by atoms with Gasteiger partial charge in [0.05, 0.1) is 11.9 Å². The van der Waals surface area contributed by atoms with Crippen molar-refractivity contribution in [3.8, 4) is 0 Å². The van der Waals surface area contributed by atoms with Gasteiger partial charge in [-0.15, -0.1) is 11.3 Å². The van der Waals surface area contributed by atoms with Crippen molar-refractivity contribution < 1.29 is 12.8 Å².